The van der Waals surface area contributed by atoms with Gasteiger partial charge in [-0.05, 0) is 34.9 Å². The van der Waals surface area contributed by atoms with Crippen LogP contribution in [-0.2, 0) is 6.54 Å². The molecule has 0 aliphatic carbocycles. The normalized spacial score (nSPS) is 13.4. The van der Waals surface area contributed by atoms with E-state index in [2.05, 4.69) is 10.3 Å². The first kappa shape index (κ1) is 9.09. The van der Waals surface area contributed by atoms with Gasteiger partial charge in [-0.15, -0.1) is 0 Å². The summed E-state index contributed by atoms with van der Waals surface area (Å²) in [5.74, 6) is 0.0194. The smallest absolute Gasteiger partial charge is 0.251 e. The van der Waals surface area contributed by atoms with Gasteiger partial charge in [0.25, 0.3) is 5.91 Å². The SMILES string of the molecule is O=C1NCc2ccc(-c3ccncc3)cc21. The van der Waals surface area contributed by atoms with Crippen LogP contribution in [0.2, 0.25) is 0 Å². The third kappa shape index (κ3) is 1.37. The Hall–Kier alpha value is -2.16. The van der Waals surface area contributed by atoms with Crippen molar-refractivity contribution in [2.75, 3.05) is 0 Å². The van der Waals surface area contributed by atoms with Crippen LogP contribution in [-0.4, -0.2) is 10.9 Å². The van der Waals surface area contributed by atoms with Crippen LogP contribution in [0.15, 0.2) is 42.7 Å². The molecule has 1 aromatic heterocycles. The lowest BCUT2D eigenvalue weighted by Crippen LogP contribution is -2.12. The summed E-state index contributed by atoms with van der Waals surface area (Å²) in [6, 6.07) is 9.85. The van der Waals surface area contributed by atoms with Gasteiger partial charge in [-0.25, -0.2) is 0 Å². The summed E-state index contributed by atoms with van der Waals surface area (Å²) >= 11 is 0. The van der Waals surface area contributed by atoms with E-state index in [1.807, 2.05) is 30.3 Å². The van der Waals surface area contributed by atoms with Crippen molar-refractivity contribution in [3.05, 3.63) is 53.9 Å². The van der Waals surface area contributed by atoms with Gasteiger partial charge < -0.3 is 5.32 Å². The van der Waals surface area contributed by atoms with Crippen LogP contribution < -0.4 is 5.32 Å². The fourth-order valence-corrected chi connectivity index (χ4v) is 1.94. The van der Waals surface area contributed by atoms with Crippen molar-refractivity contribution >= 4 is 5.91 Å². The fourth-order valence-electron chi connectivity index (χ4n) is 1.94. The molecule has 2 heterocycles. The number of hydrogen-bond acceptors (Lipinski definition) is 2. The lowest BCUT2D eigenvalue weighted by molar-refractivity contribution is 0.0966. The number of amides is 1. The van der Waals surface area contributed by atoms with Crippen molar-refractivity contribution in [2.45, 2.75) is 6.54 Å². The summed E-state index contributed by atoms with van der Waals surface area (Å²) in [5, 5.41) is 2.81. The van der Waals surface area contributed by atoms with Gasteiger partial charge in [0.1, 0.15) is 0 Å². The maximum Gasteiger partial charge on any atom is 0.251 e. The molecule has 2 aromatic rings. The highest BCUT2D eigenvalue weighted by Crippen LogP contribution is 2.24. The van der Waals surface area contributed by atoms with Gasteiger partial charge in [-0.2, -0.15) is 0 Å². The predicted molar refractivity (Wildman–Crippen MR) is 60.8 cm³/mol. The van der Waals surface area contributed by atoms with Crippen LogP contribution in [0.4, 0.5) is 0 Å². The maximum absolute atomic E-state index is 11.5. The molecule has 16 heavy (non-hydrogen) atoms. The van der Waals surface area contributed by atoms with Crippen LogP contribution in [0.1, 0.15) is 15.9 Å². The topological polar surface area (TPSA) is 42.0 Å². The maximum atomic E-state index is 11.5. The molecule has 0 unspecified atom stereocenters. The molecule has 0 saturated carbocycles. The highest BCUT2D eigenvalue weighted by molar-refractivity contribution is 5.99. The van der Waals surface area contributed by atoms with Crippen molar-refractivity contribution in [2.24, 2.45) is 0 Å². The summed E-state index contributed by atoms with van der Waals surface area (Å²) in [7, 11) is 0. The molecule has 0 atom stereocenters. The molecule has 0 saturated heterocycles. The molecule has 0 fully saturated rings. The summed E-state index contributed by atoms with van der Waals surface area (Å²) in [5.41, 5.74) is 3.99. The monoisotopic (exact) mass is 210 g/mol. The summed E-state index contributed by atoms with van der Waals surface area (Å²) in [6.45, 7) is 0.644. The van der Waals surface area contributed by atoms with Gasteiger partial charge in [0.05, 0.1) is 0 Å². The van der Waals surface area contributed by atoms with Crippen LogP contribution in [0.5, 0.6) is 0 Å². The van der Waals surface area contributed by atoms with Gasteiger partial charge in [0.2, 0.25) is 0 Å². The first-order valence-electron chi connectivity index (χ1n) is 5.16. The molecule has 0 bridgehead atoms. The number of carbonyl (C=O) groups is 1. The third-order valence-electron chi connectivity index (χ3n) is 2.81. The minimum Gasteiger partial charge on any atom is -0.348 e. The minimum absolute atomic E-state index is 0.0194. The number of hydrogen-bond donors (Lipinski definition) is 1. The Morgan fingerprint density at radius 3 is 2.69 bits per heavy atom. The number of rotatable bonds is 1. The van der Waals surface area contributed by atoms with E-state index in [0.717, 1.165) is 22.3 Å². The molecule has 0 radical (unpaired) electrons. The lowest BCUT2D eigenvalue weighted by Gasteiger charge is -2.02. The Bertz CT molecular complexity index is 549. The zero-order valence-electron chi connectivity index (χ0n) is 8.60. The van der Waals surface area contributed by atoms with E-state index in [4.69, 9.17) is 0 Å². The van der Waals surface area contributed by atoms with Gasteiger partial charge >= 0.3 is 0 Å². The molecule has 1 aliphatic heterocycles. The van der Waals surface area contributed by atoms with Gasteiger partial charge in [0, 0.05) is 24.5 Å². The van der Waals surface area contributed by atoms with Crippen molar-refractivity contribution in [1.82, 2.24) is 10.3 Å². The van der Waals surface area contributed by atoms with Crippen LogP contribution >= 0.6 is 0 Å². The average molecular weight is 210 g/mol. The van der Waals surface area contributed by atoms with E-state index in [1.165, 1.54) is 0 Å². The van der Waals surface area contributed by atoms with E-state index in [9.17, 15) is 4.79 Å². The quantitative estimate of drug-likeness (QED) is 0.782. The molecule has 78 valence electrons. The second-order valence-electron chi connectivity index (χ2n) is 3.79. The van der Waals surface area contributed by atoms with Crippen molar-refractivity contribution in [3.63, 3.8) is 0 Å². The Morgan fingerprint density at radius 1 is 1.06 bits per heavy atom. The third-order valence-corrected chi connectivity index (χ3v) is 2.81. The predicted octanol–water partition coefficient (Wildman–Crippen LogP) is 1.99. The number of fused-ring (bicyclic) bond motifs is 1. The summed E-state index contributed by atoms with van der Waals surface area (Å²) < 4.78 is 0. The molecule has 0 spiro atoms. The first-order valence-corrected chi connectivity index (χ1v) is 5.16. The number of carbonyl (C=O) groups excluding carboxylic acids is 1. The molecule has 1 aromatic carbocycles. The largest absolute Gasteiger partial charge is 0.348 e. The Balaban J connectivity index is 2.11. The number of aromatic nitrogens is 1. The van der Waals surface area contributed by atoms with Gasteiger partial charge in [0.15, 0.2) is 0 Å². The van der Waals surface area contributed by atoms with E-state index >= 15 is 0 Å². The van der Waals surface area contributed by atoms with E-state index in [1.54, 1.807) is 12.4 Å². The molecular formula is C13H10N2O. The average Bonchev–Trinajstić information content (AvgIpc) is 2.72. The highest BCUT2D eigenvalue weighted by Gasteiger charge is 2.18. The van der Waals surface area contributed by atoms with E-state index < -0.39 is 0 Å². The summed E-state index contributed by atoms with van der Waals surface area (Å²) in [4.78, 5) is 15.5. The number of nitrogens with zero attached hydrogens (tertiary/aromatic N) is 1. The zero-order chi connectivity index (χ0) is 11.0. The van der Waals surface area contributed by atoms with E-state index in [-0.39, 0.29) is 5.91 Å². The summed E-state index contributed by atoms with van der Waals surface area (Å²) in [6.07, 6.45) is 3.51. The molecule has 1 amide bonds. The lowest BCUT2D eigenvalue weighted by atomic mass is 10.0. The highest BCUT2D eigenvalue weighted by atomic mass is 16.1. The minimum atomic E-state index is 0.0194. The number of nitrogens with one attached hydrogen (secondary N) is 1. The second kappa shape index (κ2) is 3.45. The van der Waals surface area contributed by atoms with Crippen LogP contribution in [0.3, 0.4) is 0 Å². The molecule has 1 N–H and O–H groups in total. The Labute approximate surface area is 93.1 Å². The standard InChI is InChI=1S/C13H10N2O/c16-13-12-7-10(1-2-11(12)8-15-13)9-3-5-14-6-4-9/h1-7H,8H2,(H,15,16). The zero-order valence-corrected chi connectivity index (χ0v) is 8.60. The van der Waals surface area contributed by atoms with Crippen molar-refractivity contribution < 1.29 is 4.79 Å². The second-order valence-corrected chi connectivity index (χ2v) is 3.79. The molecular weight excluding hydrogens is 200 g/mol. The van der Waals surface area contributed by atoms with Crippen LogP contribution in [0, 0.1) is 0 Å². The Kier molecular flexibility index (Phi) is 1.96. The molecule has 1 aliphatic rings. The molecule has 3 nitrogen and oxygen atoms in total. The number of pyridine rings is 1. The van der Waals surface area contributed by atoms with Crippen LogP contribution in [0.25, 0.3) is 11.1 Å². The van der Waals surface area contributed by atoms with Gasteiger partial charge in [-0.1, -0.05) is 12.1 Å². The van der Waals surface area contributed by atoms with Gasteiger partial charge in [-0.3, -0.25) is 9.78 Å². The fraction of sp³-hybridized carbons (Fsp3) is 0.0769. The molecule has 3 rings (SSSR count). The number of benzene rings is 1. The molecule has 3 heteroatoms. The first-order chi connectivity index (χ1) is 7.84. The Morgan fingerprint density at radius 2 is 1.88 bits per heavy atom. The van der Waals surface area contributed by atoms with Crippen molar-refractivity contribution in [3.8, 4) is 11.1 Å². The van der Waals surface area contributed by atoms with Crippen molar-refractivity contribution in [1.29, 1.82) is 0 Å². The van der Waals surface area contributed by atoms with E-state index in [0.29, 0.717) is 6.54 Å².